The molecular formula is C25H25F2N3O. The standard InChI is InChI=1S/C25H25F2N3O/c1-17(21-12-13-29-16-24(21)27)14-20(31)8-7-11-25(18(2)15-28-4)30-19(3)22-9-5-6-10-23(22)26/h5-6,9-16,31H,1-2,7-8H2,3-4H3/b20-14-,25-11+,28-15?,30-19?. The van der Waals surface area contributed by atoms with Gasteiger partial charge in [-0.2, -0.15) is 0 Å². The minimum Gasteiger partial charge on any atom is -0.512 e. The van der Waals surface area contributed by atoms with Crippen molar-refractivity contribution in [2.24, 2.45) is 9.98 Å². The number of aromatic nitrogens is 1. The van der Waals surface area contributed by atoms with Crippen molar-refractivity contribution in [3.63, 3.8) is 0 Å². The van der Waals surface area contributed by atoms with Crippen molar-refractivity contribution < 1.29 is 13.9 Å². The summed E-state index contributed by atoms with van der Waals surface area (Å²) in [6.45, 7) is 9.46. The fourth-order valence-electron chi connectivity index (χ4n) is 2.81. The van der Waals surface area contributed by atoms with Crippen LogP contribution in [0.25, 0.3) is 5.57 Å². The summed E-state index contributed by atoms with van der Waals surface area (Å²) in [5.41, 5.74) is 2.60. The smallest absolute Gasteiger partial charge is 0.149 e. The fraction of sp³-hybridized carbons (Fsp3) is 0.160. The summed E-state index contributed by atoms with van der Waals surface area (Å²) in [4.78, 5) is 12.2. The molecule has 1 N–H and O–H groups in total. The molecule has 0 aliphatic carbocycles. The molecule has 0 fully saturated rings. The third kappa shape index (κ3) is 6.96. The lowest BCUT2D eigenvalue weighted by atomic mass is 10.1. The van der Waals surface area contributed by atoms with Crippen LogP contribution in [0.3, 0.4) is 0 Å². The first-order valence-electron chi connectivity index (χ1n) is 9.63. The number of aliphatic hydroxyl groups excluding tert-OH is 1. The number of hydrogen-bond acceptors (Lipinski definition) is 4. The van der Waals surface area contributed by atoms with Gasteiger partial charge in [-0.25, -0.2) is 8.78 Å². The Labute approximate surface area is 181 Å². The maximum absolute atomic E-state index is 14.1. The summed E-state index contributed by atoms with van der Waals surface area (Å²) in [5.74, 6) is -0.825. The van der Waals surface area contributed by atoms with E-state index in [0.29, 0.717) is 34.5 Å². The Morgan fingerprint density at radius 1 is 1.13 bits per heavy atom. The monoisotopic (exact) mass is 421 g/mol. The molecule has 0 aliphatic heterocycles. The number of aliphatic imine (C=N–C) groups is 2. The molecule has 0 saturated carbocycles. The Bertz CT molecular complexity index is 1080. The molecule has 0 bridgehead atoms. The van der Waals surface area contributed by atoms with Gasteiger partial charge in [-0.3, -0.25) is 15.0 Å². The van der Waals surface area contributed by atoms with Crippen LogP contribution in [0.5, 0.6) is 0 Å². The van der Waals surface area contributed by atoms with Crippen molar-refractivity contribution >= 4 is 17.5 Å². The predicted molar refractivity (Wildman–Crippen MR) is 123 cm³/mol. The van der Waals surface area contributed by atoms with E-state index in [-0.39, 0.29) is 23.6 Å². The molecule has 1 heterocycles. The molecule has 0 unspecified atom stereocenters. The van der Waals surface area contributed by atoms with E-state index in [4.69, 9.17) is 0 Å². The number of pyridine rings is 1. The number of allylic oxidation sites excluding steroid dienone is 5. The van der Waals surface area contributed by atoms with Gasteiger partial charge in [0.05, 0.1) is 17.7 Å². The topological polar surface area (TPSA) is 57.8 Å². The molecule has 2 rings (SSSR count). The largest absolute Gasteiger partial charge is 0.512 e. The van der Waals surface area contributed by atoms with Crippen LogP contribution >= 0.6 is 0 Å². The molecule has 0 amide bonds. The summed E-state index contributed by atoms with van der Waals surface area (Å²) >= 11 is 0. The molecule has 6 heteroatoms. The second kappa shape index (κ2) is 11.5. The number of benzene rings is 1. The van der Waals surface area contributed by atoms with Gasteiger partial charge in [0, 0.05) is 48.3 Å². The average molecular weight is 421 g/mol. The summed E-state index contributed by atoms with van der Waals surface area (Å²) in [5, 5.41) is 10.2. The van der Waals surface area contributed by atoms with Gasteiger partial charge in [0.25, 0.3) is 0 Å². The number of rotatable bonds is 9. The van der Waals surface area contributed by atoms with Crippen LogP contribution in [0.4, 0.5) is 8.78 Å². The highest BCUT2D eigenvalue weighted by Gasteiger charge is 2.08. The highest BCUT2D eigenvalue weighted by atomic mass is 19.1. The average Bonchev–Trinajstić information content (AvgIpc) is 2.73. The van der Waals surface area contributed by atoms with Gasteiger partial charge < -0.3 is 5.11 Å². The molecule has 0 atom stereocenters. The van der Waals surface area contributed by atoms with Gasteiger partial charge in [-0.1, -0.05) is 37.4 Å². The molecule has 1 aromatic heterocycles. The van der Waals surface area contributed by atoms with Crippen molar-refractivity contribution in [1.82, 2.24) is 4.98 Å². The lowest BCUT2D eigenvalue weighted by Crippen LogP contribution is -2.00. The van der Waals surface area contributed by atoms with Gasteiger partial charge in [-0.05, 0) is 37.1 Å². The molecular weight excluding hydrogens is 396 g/mol. The zero-order valence-electron chi connectivity index (χ0n) is 17.6. The molecule has 31 heavy (non-hydrogen) atoms. The molecule has 0 radical (unpaired) electrons. The minimum atomic E-state index is -0.508. The highest BCUT2D eigenvalue weighted by Crippen LogP contribution is 2.20. The third-order valence-corrected chi connectivity index (χ3v) is 4.36. The first-order valence-corrected chi connectivity index (χ1v) is 9.63. The zero-order chi connectivity index (χ0) is 22.8. The van der Waals surface area contributed by atoms with E-state index < -0.39 is 5.82 Å². The molecule has 1 aromatic carbocycles. The Morgan fingerprint density at radius 3 is 2.55 bits per heavy atom. The first kappa shape index (κ1) is 23.6. The molecule has 4 nitrogen and oxygen atoms in total. The van der Waals surface area contributed by atoms with E-state index in [1.165, 1.54) is 24.4 Å². The summed E-state index contributed by atoms with van der Waals surface area (Å²) < 4.78 is 27.9. The van der Waals surface area contributed by atoms with Gasteiger partial charge in [0.2, 0.25) is 0 Å². The van der Waals surface area contributed by atoms with E-state index in [9.17, 15) is 13.9 Å². The van der Waals surface area contributed by atoms with Crippen LogP contribution < -0.4 is 0 Å². The quantitative estimate of drug-likeness (QED) is 0.296. The Morgan fingerprint density at radius 2 is 1.87 bits per heavy atom. The second-order valence-electron chi connectivity index (χ2n) is 6.73. The van der Waals surface area contributed by atoms with E-state index >= 15 is 0 Å². The van der Waals surface area contributed by atoms with Crippen LogP contribution in [0.2, 0.25) is 0 Å². The van der Waals surface area contributed by atoms with Crippen molar-refractivity contribution in [3.8, 4) is 0 Å². The number of nitrogens with zero attached hydrogens (tertiary/aromatic N) is 3. The molecule has 160 valence electrons. The first-order chi connectivity index (χ1) is 14.8. The van der Waals surface area contributed by atoms with Crippen LogP contribution in [-0.2, 0) is 0 Å². The van der Waals surface area contributed by atoms with Crippen LogP contribution in [-0.4, -0.2) is 29.1 Å². The lowest BCUT2D eigenvalue weighted by Gasteiger charge is -2.07. The Hall–Kier alpha value is -3.67. The van der Waals surface area contributed by atoms with Crippen molar-refractivity contribution in [1.29, 1.82) is 0 Å². The minimum absolute atomic E-state index is 0.0430. The summed E-state index contributed by atoms with van der Waals surface area (Å²) in [6, 6.07) is 7.88. The third-order valence-electron chi connectivity index (χ3n) is 4.36. The van der Waals surface area contributed by atoms with Gasteiger partial charge in [0.15, 0.2) is 0 Å². The van der Waals surface area contributed by atoms with E-state index in [1.807, 2.05) is 0 Å². The van der Waals surface area contributed by atoms with Crippen LogP contribution in [0, 0.1) is 11.6 Å². The maximum atomic E-state index is 14.1. The molecule has 0 aliphatic rings. The SMILES string of the molecule is C=C(C=NC)/C(=C\CC/C(O)=C/C(=C)c1ccncc1F)N=C(C)c1ccccc1F. The number of halogens is 2. The van der Waals surface area contributed by atoms with Crippen LogP contribution in [0.15, 0.2) is 95.0 Å². The summed E-state index contributed by atoms with van der Waals surface area (Å²) in [6.07, 6.45) is 8.02. The van der Waals surface area contributed by atoms with Gasteiger partial charge in [-0.15, -0.1) is 0 Å². The summed E-state index contributed by atoms with van der Waals surface area (Å²) in [7, 11) is 1.62. The molecule has 0 spiro atoms. The maximum Gasteiger partial charge on any atom is 0.149 e. The van der Waals surface area contributed by atoms with Crippen molar-refractivity contribution in [3.05, 3.63) is 108 Å². The molecule has 0 saturated heterocycles. The fourth-order valence-corrected chi connectivity index (χ4v) is 2.81. The Balaban J connectivity index is 2.18. The number of hydrogen-bond donors (Lipinski definition) is 1. The zero-order valence-corrected chi connectivity index (χ0v) is 17.6. The Kier molecular flexibility index (Phi) is 8.76. The van der Waals surface area contributed by atoms with E-state index in [2.05, 4.69) is 28.1 Å². The van der Waals surface area contributed by atoms with Crippen molar-refractivity contribution in [2.75, 3.05) is 7.05 Å². The van der Waals surface area contributed by atoms with Crippen LogP contribution in [0.1, 0.15) is 30.9 Å². The van der Waals surface area contributed by atoms with Gasteiger partial charge in [0.1, 0.15) is 11.6 Å². The molecule has 2 aromatic rings. The number of aliphatic hydroxyl groups is 1. The van der Waals surface area contributed by atoms with E-state index in [1.54, 1.807) is 44.5 Å². The normalized spacial score (nSPS) is 13.0. The highest BCUT2D eigenvalue weighted by molar-refractivity contribution is 6.00. The second-order valence-corrected chi connectivity index (χ2v) is 6.73. The van der Waals surface area contributed by atoms with E-state index in [0.717, 1.165) is 6.20 Å². The predicted octanol–water partition coefficient (Wildman–Crippen LogP) is 6.25. The lowest BCUT2D eigenvalue weighted by molar-refractivity contribution is 0.390. The van der Waals surface area contributed by atoms with Gasteiger partial charge >= 0.3 is 0 Å². The van der Waals surface area contributed by atoms with Crippen molar-refractivity contribution in [2.45, 2.75) is 19.8 Å².